The molecule has 1 aromatic carbocycles. The zero-order valence-electron chi connectivity index (χ0n) is 12.6. The fourth-order valence-electron chi connectivity index (χ4n) is 2.74. The molecule has 1 saturated heterocycles. The summed E-state index contributed by atoms with van der Waals surface area (Å²) in [6, 6.07) is 9.36. The van der Waals surface area contributed by atoms with Gasteiger partial charge in [0.2, 0.25) is 0 Å². The lowest BCUT2D eigenvalue weighted by atomic mass is 9.81. The quantitative estimate of drug-likeness (QED) is 0.795. The number of carbonyl (C=O) groups is 2. The van der Waals surface area contributed by atoms with Crippen LogP contribution in [0, 0.1) is 5.41 Å². The van der Waals surface area contributed by atoms with Crippen molar-refractivity contribution in [1.29, 1.82) is 0 Å². The van der Waals surface area contributed by atoms with E-state index >= 15 is 0 Å². The molecule has 1 atom stereocenters. The first-order chi connectivity index (χ1) is 9.36. The van der Waals surface area contributed by atoms with Gasteiger partial charge in [-0.3, -0.25) is 9.69 Å². The van der Waals surface area contributed by atoms with Crippen LogP contribution in [0.25, 0.3) is 0 Å². The van der Waals surface area contributed by atoms with Crippen molar-refractivity contribution in [3.63, 3.8) is 0 Å². The van der Waals surface area contributed by atoms with Gasteiger partial charge in [-0.2, -0.15) is 0 Å². The Hall–Kier alpha value is -1.84. The summed E-state index contributed by atoms with van der Waals surface area (Å²) in [6.45, 7) is 8.81. The number of carbonyl (C=O) groups excluding carboxylic acids is 2. The van der Waals surface area contributed by atoms with E-state index in [1.807, 2.05) is 37.3 Å². The summed E-state index contributed by atoms with van der Waals surface area (Å²) in [6.07, 6.45) is 0. The summed E-state index contributed by atoms with van der Waals surface area (Å²) in [4.78, 5) is 27.7. The van der Waals surface area contributed by atoms with Gasteiger partial charge < -0.3 is 4.90 Å². The zero-order valence-corrected chi connectivity index (χ0v) is 12.6. The Bertz CT molecular complexity index is 505. The minimum absolute atomic E-state index is 0.111. The second-order valence-electron chi connectivity index (χ2n) is 6.24. The van der Waals surface area contributed by atoms with E-state index in [9.17, 15) is 9.59 Å². The second kappa shape index (κ2) is 5.27. The molecule has 0 bridgehead atoms. The Morgan fingerprint density at radius 1 is 1.15 bits per heavy atom. The Morgan fingerprint density at radius 3 is 2.20 bits per heavy atom. The lowest BCUT2D eigenvalue weighted by molar-refractivity contribution is -0.128. The number of hydrogen-bond donors (Lipinski definition) is 0. The molecule has 4 heteroatoms. The maximum atomic E-state index is 12.4. The standard InChI is InChI=1S/C16H22N2O2/c1-5-17-11-13(19)18(15(17)20)14(16(2,3)4)12-9-7-6-8-10-12/h6-10,14H,5,11H2,1-4H3/t14-/m1/s1. The average molecular weight is 274 g/mol. The fraction of sp³-hybridized carbons (Fsp3) is 0.500. The van der Waals surface area contributed by atoms with Gasteiger partial charge in [-0.25, -0.2) is 4.79 Å². The van der Waals surface area contributed by atoms with Crippen LogP contribution in [0.1, 0.15) is 39.3 Å². The minimum Gasteiger partial charge on any atom is -0.315 e. The first kappa shape index (κ1) is 14.6. The third-order valence-corrected chi connectivity index (χ3v) is 3.65. The zero-order chi connectivity index (χ0) is 14.9. The average Bonchev–Trinajstić information content (AvgIpc) is 2.66. The molecule has 4 nitrogen and oxygen atoms in total. The second-order valence-corrected chi connectivity index (χ2v) is 6.24. The van der Waals surface area contributed by atoms with Gasteiger partial charge in [0.25, 0.3) is 5.91 Å². The number of nitrogens with zero attached hydrogens (tertiary/aromatic N) is 2. The van der Waals surface area contributed by atoms with Gasteiger partial charge in [0.05, 0.1) is 6.04 Å². The molecule has 1 aliphatic rings. The Morgan fingerprint density at radius 2 is 1.75 bits per heavy atom. The lowest BCUT2D eigenvalue weighted by Gasteiger charge is -2.36. The van der Waals surface area contributed by atoms with Crippen molar-refractivity contribution < 1.29 is 9.59 Å². The van der Waals surface area contributed by atoms with Crippen LogP contribution < -0.4 is 0 Å². The van der Waals surface area contributed by atoms with Gasteiger partial charge in [-0.1, -0.05) is 51.1 Å². The van der Waals surface area contributed by atoms with Gasteiger partial charge in [0.1, 0.15) is 6.54 Å². The van der Waals surface area contributed by atoms with Crippen LogP contribution in [0.15, 0.2) is 30.3 Å². The van der Waals surface area contributed by atoms with Crippen LogP contribution in [0.5, 0.6) is 0 Å². The highest BCUT2D eigenvalue weighted by atomic mass is 16.2. The van der Waals surface area contributed by atoms with E-state index in [0.29, 0.717) is 6.54 Å². The van der Waals surface area contributed by atoms with Crippen molar-refractivity contribution in [2.24, 2.45) is 5.41 Å². The molecule has 20 heavy (non-hydrogen) atoms. The van der Waals surface area contributed by atoms with Gasteiger partial charge in [-0.15, -0.1) is 0 Å². The topological polar surface area (TPSA) is 40.6 Å². The number of rotatable bonds is 3. The van der Waals surface area contributed by atoms with E-state index in [1.54, 1.807) is 4.90 Å². The smallest absolute Gasteiger partial charge is 0.315 e. The number of likely N-dealkylation sites (N-methyl/N-ethyl adjacent to an activating group) is 1. The van der Waals surface area contributed by atoms with Crippen molar-refractivity contribution in [3.8, 4) is 0 Å². The van der Waals surface area contributed by atoms with E-state index in [-0.39, 0.29) is 29.9 Å². The molecule has 1 heterocycles. The van der Waals surface area contributed by atoms with Crippen LogP contribution in [-0.4, -0.2) is 34.8 Å². The Balaban J connectivity index is 2.43. The maximum absolute atomic E-state index is 12.4. The SMILES string of the molecule is CCN1CC(=O)N([C@H](c2ccccc2)C(C)(C)C)C1=O. The molecule has 1 aliphatic heterocycles. The van der Waals surface area contributed by atoms with Gasteiger partial charge in [0.15, 0.2) is 0 Å². The summed E-state index contributed by atoms with van der Waals surface area (Å²) in [5.74, 6) is -0.111. The number of amides is 3. The lowest BCUT2D eigenvalue weighted by Crippen LogP contribution is -2.42. The molecular weight excluding hydrogens is 252 g/mol. The van der Waals surface area contributed by atoms with E-state index < -0.39 is 0 Å². The van der Waals surface area contributed by atoms with Crippen LogP contribution in [0.3, 0.4) is 0 Å². The van der Waals surface area contributed by atoms with Crippen LogP contribution in [-0.2, 0) is 4.79 Å². The molecule has 1 aromatic rings. The molecule has 1 fully saturated rings. The van der Waals surface area contributed by atoms with Gasteiger partial charge in [-0.05, 0) is 17.9 Å². The maximum Gasteiger partial charge on any atom is 0.327 e. The van der Waals surface area contributed by atoms with E-state index in [0.717, 1.165) is 5.56 Å². The monoisotopic (exact) mass is 274 g/mol. The number of imide groups is 1. The molecule has 0 spiro atoms. The summed E-state index contributed by atoms with van der Waals surface area (Å²) >= 11 is 0. The van der Waals surface area contributed by atoms with Gasteiger partial charge in [0, 0.05) is 6.54 Å². The minimum atomic E-state index is -0.236. The van der Waals surface area contributed by atoms with Crippen LogP contribution in [0.2, 0.25) is 0 Å². The van der Waals surface area contributed by atoms with Crippen LogP contribution >= 0.6 is 0 Å². The molecule has 3 amide bonds. The third kappa shape index (κ3) is 2.55. The van der Waals surface area contributed by atoms with Crippen LogP contribution in [0.4, 0.5) is 4.79 Å². The fourth-order valence-corrected chi connectivity index (χ4v) is 2.74. The Labute approximate surface area is 120 Å². The first-order valence-electron chi connectivity index (χ1n) is 7.02. The number of hydrogen-bond acceptors (Lipinski definition) is 2. The van der Waals surface area contributed by atoms with Gasteiger partial charge >= 0.3 is 6.03 Å². The van der Waals surface area contributed by atoms with Crippen molar-refractivity contribution in [2.45, 2.75) is 33.7 Å². The summed E-state index contributed by atoms with van der Waals surface area (Å²) < 4.78 is 0. The molecule has 108 valence electrons. The largest absolute Gasteiger partial charge is 0.327 e. The Kier molecular flexibility index (Phi) is 3.84. The molecule has 0 aromatic heterocycles. The molecule has 0 radical (unpaired) electrons. The highest BCUT2D eigenvalue weighted by Crippen LogP contribution is 2.39. The molecule has 0 unspecified atom stereocenters. The van der Waals surface area contributed by atoms with Crippen molar-refractivity contribution >= 4 is 11.9 Å². The van der Waals surface area contributed by atoms with Crippen molar-refractivity contribution in [3.05, 3.63) is 35.9 Å². The van der Waals surface area contributed by atoms with Crippen molar-refractivity contribution in [1.82, 2.24) is 9.80 Å². The van der Waals surface area contributed by atoms with Crippen molar-refractivity contribution in [2.75, 3.05) is 13.1 Å². The predicted octanol–water partition coefficient (Wildman–Crippen LogP) is 3.06. The third-order valence-electron chi connectivity index (χ3n) is 3.65. The summed E-state index contributed by atoms with van der Waals surface area (Å²) in [5.41, 5.74) is 0.788. The molecule has 0 saturated carbocycles. The molecule has 0 N–H and O–H groups in total. The normalized spacial score (nSPS) is 17.8. The van der Waals surface area contributed by atoms with E-state index in [1.165, 1.54) is 4.90 Å². The highest BCUT2D eigenvalue weighted by Gasteiger charge is 2.44. The molecular formula is C16H22N2O2. The predicted molar refractivity (Wildman–Crippen MR) is 78.1 cm³/mol. The van der Waals surface area contributed by atoms with E-state index in [4.69, 9.17) is 0 Å². The first-order valence-corrected chi connectivity index (χ1v) is 7.02. The molecule has 2 rings (SSSR count). The molecule has 0 aliphatic carbocycles. The highest BCUT2D eigenvalue weighted by molar-refractivity contribution is 6.02. The number of urea groups is 1. The summed E-state index contributed by atoms with van der Waals surface area (Å²) in [7, 11) is 0. The van der Waals surface area contributed by atoms with E-state index in [2.05, 4.69) is 20.8 Å². The number of benzene rings is 1. The summed E-state index contributed by atoms with van der Waals surface area (Å²) in [5, 5.41) is 0.